The Kier molecular flexibility index (Phi) is 8.69. The summed E-state index contributed by atoms with van der Waals surface area (Å²) in [6.07, 6.45) is 8.88. The van der Waals surface area contributed by atoms with Gasteiger partial charge in [0, 0.05) is 25.1 Å². The van der Waals surface area contributed by atoms with Crippen LogP contribution >= 0.6 is 0 Å². The Morgan fingerprint density at radius 3 is 2.45 bits per heavy atom. The number of ether oxygens (including phenoxy) is 2. The van der Waals surface area contributed by atoms with Gasteiger partial charge in [-0.1, -0.05) is 33.1 Å². The zero-order valence-corrected chi connectivity index (χ0v) is 13.4. The van der Waals surface area contributed by atoms with E-state index in [2.05, 4.69) is 13.8 Å². The summed E-state index contributed by atoms with van der Waals surface area (Å²) in [5, 5.41) is 0. The lowest BCUT2D eigenvalue weighted by molar-refractivity contribution is -0.213. The van der Waals surface area contributed by atoms with Gasteiger partial charge in [0.2, 0.25) is 0 Å². The summed E-state index contributed by atoms with van der Waals surface area (Å²) in [5.41, 5.74) is 12.1. The summed E-state index contributed by atoms with van der Waals surface area (Å²) >= 11 is 0. The molecule has 120 valence electrons. The van der Waals surface area contributed by atoms with E-state index in [4.69, 9.17) is 20.9 Å². The fraction of sp³-hybridized carbons (Fsp3) is 1.00. The molecule has 2 atom stereocenters. The van der Waals surface area contributed by atoms with E-state index in [0.717, 1.165) is 45.1 Å². The summed E-state index contributed by atoms with van der Waals surface area (Å²) < 4.78 is 12.0. The lowest BCUT2D eigenvalue weighted by Crippen LogP contribution is -2.50. The monoisotopic (exact) mass is 286 g/mol. The maximum absolute atomic E-state index is 6.29. The molecule has 0 aliphatic carbocycles. The molecular formula is C16H34N2O2. The van der Waals surface area contributed by atoms with Crippen LogP contribution in [0.1, 0.15) is 65.2 Å². The number of hydrogen-bond acceptors (Lipinski definition) is 4. The zero-order valence-electron chi connectivity index (χ0n) is 13.4. The van der Waals surface area contributed by atoms with Gasteiger partial charge in [0.05, 0.1) is 6.10 Å². The summed E-state index contributed by atoms with van der Waals surface area (Å²) in [7, 11) is 0. The molecule has 4 N–H and O–H groups in total. The standard InChI is InChI=1S/C16H34N2O2/c1-3-5-10-16(12-17,13-18)14(8-4-2)20-15-9-6-7-11-19-15/h14-15H,3-13,17-18H2,1-2H3. The molecule has 1 rings (SSSR count). The lowest BCUT2D eigenvalue weighted by atomic mass is 9.75. The fourth-order valence-electron chi connectivity index (χ4n) is 3.02. The molecule has 1 fully saturated rings. The smallest absolute Gasteiger partial charge is 0.157 e. The Bertz CT molecular complexity index is 239. The summed E-state index contributed by atoms with van der Waals surface area (Å²) in [5.74, 6) is 0. The molecule has 0 saturated carbocycles. The van der Waals surface area contributed by atoms with Crippen LogP contribution in [0.5, 0.6) is 0 Å². The van der Waals surface area contributed by atoms with Gasteiger partial charge < -0.3 is 20.9 Å². The predicted octanol–water partition coefficient (Wildman–Crippen LogP) is 2.79. The molecule has 0 bridgehead atoms. The maximum atomic E-state index is 6.29. The second-order valence-corrected chi connectivity index (χ2v) is 6.08. The van der Waals surface area contributed by atoms with Crippen molar-refractivity contribution in [2.24, 2.45) is 16.9 Å². The molecule has 1 aliphatic heterocycles. The SMILES string of the molecule is CCCCC(CN)(CN)C(CCC)OC1CCCCO1. The molecule has 0 amide bonds. The first-order chi connectivity index (χ1) is 9.72. The quantitative estimate of drug-likeness (QED) is 0.648. The Hall–Kier alpha value is -0.160. The average Bonchev–Trinajstić information content (AvgIpc) is 2.50. The molecule has 0 spiro atoms. The van der Waals surface area contributed by atoms with Crippen LogP contribution < -0.4 is 11.5 Å². The Morgan fingerprint density at radius 1 is 1.20 bits per heavy atom. The van der Waals surface area contributed by atoms with Crippen LogP contribution in [0.2, 0.25) is 0 Å². The molecule has 1 heterocycles. The third-order valence-electron chi connectivity index (χ3n) is 4.53. The Labute approximate surface area is 124 Å². The molecule has 4 nitrogen and oxygen atoms in total. The van der Waals surface area contributed by atoms with E-state index >= 15 is 0 Å². The highest BCUT2D eigenvalue weighted by Gasteiger charge is 2.38. The molecule has 4 heteroatoms. The highest BCUT2D eigenvalue weighted by molar-refractivity contribution is 4.90. The van der Waals surface area contributed by atoms with Crippen LogP contribution in [-0.4, -0.2) is 32.1 Å². The summed E-state index contributed by atoms with van der Waals surface area (Å²) in [4.78, 5) is 0. The van der Waals surface area contributed by atoms with Crippen molar-refractivity contribution in [1.29, 1.82) is 0 Å². The van der Waals surface area contributed by atoms with Gasteiger partial charge in [-0.15, -0.1) is 0 Å². The third-order valence-corrected chi connectivity index (χ3v) is 4.53. The van der Waals surface area contributed by atoms with Crippen LogP contribution in [0.15, 0.2) is 0 Å². The van der Waals surface area contributed by atoms with E-state index in [-0.39, 0.29) is 17.8 Å². The molecule has 0 aromatic carbocycles. The largest absolute Gasteiger partial charge is 0.353 e. The Morgan fingerprint density at radius 2 is 1.95 bits per heavy atom. The van der Waals surface area contributed by atoms with E-state index in [0.29, 0.717) is 13.1 Å². The van der Waals surface area contributed by atoms with Crippen molar-refractivity contribution in [2.75, 3.05) is 19.7 Å². The van der Waals surface area contributed by atoms with Crippen molar-refractivity contribution in [2.45, 2.75) is 77.6 Å². The molecule has 2 unspecified atom stereocenters. The third kappa shape index (κ3) is 4.99. The van der Waals surface area contributed by atoms with Gasteiger partial charge in [-0.25, -0.2) is 0 Å². The van der Waals surface area contributed by atoms with E-state index in [1.165, 1.54) is 12.8 Å². The lowest BCUT2D eigenvalue weighted by Gasteiger charge is -2.41. The number of nitrogens with two attached hydrogens (primary N) is 2. The number of unbranched alkanes of at least 4 members (excludes halogenated alkanes) is 1. The van der Waals surface area contributed by atoms with Gasteiger partial charge in [-0.2, -0.15) is 0 Å². The highest BCUT2D eigenvalue weighted by Crippen LogP contribution is 2.33. The Balaban J connectivity index is 2.71. The van der Waals surface area contributed by atoms with Crippen molar-refractivity contribution in [1.82, 2.24) is 0 Å². The van der Waals surface area contributed by atoms with E-state index < -0.39 is 0 Å². The first-order valence-corrected chi connectivity index (χ1v) is 8.39. The fourth-order valence-corrected chi connectivity index (χ4v) is 3.02. The minimum Gasteiger partial charge on any atom is -0.353 e. The van der Waals surface area contributed by atoms with Gasteiger partial charge in [-0.3, -0.25) is 0 Å². The van der Waals surface area contributed by atoms with Crippen LogP contribution in [0.3, 0.4) is 0 Å². The normalized spacial score (nSPS) is 21.9. The molecule has 1 aliphatic rings. The minimum atomic E-state index is -0.0904. The highest BCUT2D eigenvalue weighted by atomic mass is 16.7. The van der Waals surface area contributed by atoms with Crippen molar-refractivity contribution in [3.8, 4) is 0 Å². The summed E-state index contributed by atoms with van der Waals surface area (Å²) in [6.45, 7) is 6.41. The average molecular weight is 286 g/mol. The van der Waals surface area contributed by atoms with Gasteiger partial charge in [0.1, 0.15) is 0 Å². The first kappa shape index (κ1) is 17.9. The van der Waals surface area contributed by atoms with E-state index in [9.17, 15) is 0 Å². The second-order valence-electron chi connectivity index (χ2n) is 6.08. The van der Waals surface area contributed by atoms with Gasteiger partial charge in [-0.05, 0) is 32.1 Å². The number of hydrogen-bond donors (Lipinski definition) is 2. The van der Waals surface area contributed by atoms with E-state index in [1.807, 2.05) is 0 Å². The van der Waals surface area contributed by atoms with Gasteiger partial charge in [0.15, 0.2) is 6.29 Å². The van der Waals surface area contributed by atoms with Crippen molar-refractivity contribution in [3.63, 3.8) is 0 Å². The van der Waals surface area contributed by atoms with Crippen molar-refractivity contribution < 1.29 is 9.47 Å². The van der Waals surface area contributed by atoms with E-state index in [1.54, 1.807) is 0 Å². The maximum Gasteiger partial charge on any atom is 0.157 e. The first-order valence-electron chi connectivity index (χ1n) is 8.39. The van der Waals surface area contributed by atoms with Crippen LogP contribution in [-0.2, 0) is 9.47 Å². The molecule has 0 aromatic heterocycles. The van der Waals surface area contributed by atoms with Crippen molar-refractivity contribution >= 4 is 0 Å². The molecule has 1 saturated heterocycles. The topological polar surface area (TPSA) is 70.5 Å². The number of rotatable bonds is 10. The minimum absolute atomic E-state index is 0.0561. The molecule has 20 heavy (non-hydrogen) atoms. The predicted molar refractivity (Wildman–Crippen MR) is 83.4 cm³/mol. The zero-order chi connectivity index (χ0) is 14.8. The molecular weight excluding hydrogens is 252 g/mol. The van der Waals surface area contributed by atoms with Crippen molar-refractivity contribution in [3.05, 3.63) is 0 Å². The van der Waals surface area contributed by atoms with Gasteiger partial charge >= 0.3 is 0 Å². The van der Waals surface area contributed by atoms with Gasteiger partial charge in [0.25, 0.3) is 0 Å². The van der Waals surface area contributed by atoms with Crippen LogP contribution in [0.4, 0.5) is 0 Å². The van der Waals surface area contributed by atoms with Crippen LogP contribution in [0.25, 0.3) is 0 Å². The molecule has 0 aromatic rings. The molecule has 0 radical (unpaired) electrons. The second kappa shape index (κ2) is 9.72. The van der Waals surface area contributed by atoms with Crippen LogP contribution in [0, 0.1) is 5.41 Å². The summed E-state index contributed by atoms with van der Waals surface area (Å²) in [6, 6.07) is 0.